The maximum absolute atomic E-state index is 10.1. The molecule has 88 valence electrons. The number of aryl methyl sites for hydroxylation is 1. The average Bonchev–Trinajstić information content (AvgIpc) is 2.29. The molecule has 0 aliphatic carbocycles. The summed E-state index contributed by atoms with van der Waals surface area (Å²) in [4.78, 5) is 0. The van der Waals surface area contributed by atoms with Crippen molar-refractivity contribution in [3.05, 3.63) is 41.5 Å². The van der Waals surface area contributed by atoms with Crippen molar-refractivity contribution in [2.75, 3.05) is 0 Å². The third-order valence-electron chi connectivity index (χ3n) is 2.88. The van der Waals surface area contributed by atoms with E-state index in [-0.39, 0.29) is 17.2 Å². The molecule has 0 aliphatic heterocycles. The quantitative estimate of drug-likeness (QED) is 0.660. The molecule has 0 unspecified atom stereocenters. The molecule has 3 nitrogen and oxygen atoms in total. The Bertz CT molecular complexity index is 530. The third-order valence-corrected chi connectivity index (χ3v) is 2.88. The van der Waals surface area contributed by atoms with Crippen molar-refractivity contribution < 1.29 is 15.3 Å². The van der Waals surface area contributed by atoms with Gasteiger partial charge in [-0.3, -0.25) is 0 Å². The molecule has 0 saturated carbocycles. The summed E-state index contributed by atoms with van der Waals surface area (Å²) in [5, 5.41) is 29.1. The van der Waals surface area contributed by atoms with Crippen LogP contribution in [0.2, 0.25) is 0 Å². The Morgan fingerprint density at radius 3 is 2.06 bits per heavy atom. The van der Waals surface area contributed by atoms with Crippen LogP contribution in [0.3, 0.4) is 0 Å². The van der Waals surface area contributed by atoms with Gasteiger partial charge in [-0.25, -0.2) is 0 Å². The van der Waals surface area contributed by atoms with E-state index >= 15 is 0 Å². The SMILES string of the molecule is Cc1cc(O)c(C)c(-c2ccc(O)cc2)c1O. The van der Waals surface area contributed by atoms with Gasteiger partial charge >= 0.3 is 0 Å². The van der Waals surface area contributed by atoms with Crippen LogP contribution in [-0.2, 0) is 0 Å². The van der Waals surface area contributed by atoms with Gasteiger partial charge in [0.05, 0.1) is 0 Å². The molecule has 0 fully saturated rings. The van der Waals surface area contributed by atoms with E-state index in [4.69, 9.17) is 0 Å². The number of aromatic hydroxyl groups is 3. The number of hydrogen-bond donors (Lipinski definition) is 3. The van der Waals surface area contributed by atoms with Crippen molar-refractivity contribution in [2.24, 2.45) is 0 Å². The molecule has 3 N–H and O–H groups in total. The monoisotopic (exact) mass is 230 g/mol. The minimum absolute atomic E-state index is 0.156. The van der Waals surface area contributed by atoms with Gasteiger partial charge in [0.2, 0.25) is 0 Å². The maximum atomic E-state index is 10.1. The van der Waals surface area contributed by atoms with Gasteiger partial charge in [0.1, 0.15) is 17.2 Å². The molecule has 0 radical (unpaired) electrons. The Balaban J connectivity index is 2.70. The smallest absolute Gasteiger partial charge is 0.126 e. The molecule has 2 aromatic rings. The van der Waals surface area contributed by atoms with Crippen molar-refractivity contribution >= 4 is 0 Å². The molecule has 0 bridgehead atoms. The molecule has 2 rings (SSSR count). The van der Waals surface area contributed by atoms with E-state index in [0.29, 0.717) is 16.7 Å². The normalized spacial score (nSPS) is 10.5. The van der Waals surface area contributed by atoms with E-state index in [1.807, 2.05) is 0 Å². The van der Waals surface area contributed by atoms with E-state index in [9.17, 15) is 15.3 Å². The zero-order valence-electron chi connectivity index (χ0n) is 9.73. The van der Waals surface area contributed by atoms with Crippen molar-refractivity contribution in [3.63, 3.8) is 0 Å². The van der Waals surface area contributed by atoms with Gasteiger partial charge in [-0.15, -0.1) is 0 Å². The van der Waals surface area contributed by atoms with Gasteiger partial charge in [0, 0.05) is 11.1 Å². The van der Waals surface area contributed by atoms with Gasteiger partial charge < -0.3 is 15.3 Å². The number of benzene rings is 2. The van der Waals surface area contributed by atoms with Crippen LogP contribution in [0.1, 0.15) is 11.1 Å². The topological polar surface area (TPSA) is 60.7 Å². The Kier molecular flexibility index (Phi) is 2.68. The average molecular weight is 230 g/mol. The van der Waals surface area contributed by atoms with E-state index in [1.165, 1.54) is 6.07 Å². The summed E-state index contributed by atoms with van der Waals surface area (Å²) < 4.78 is 0. The molecule has 17 heavy (non-hydrogen) atoms. The van der Waals surface area contributed by atoms with Gasteiger partial charge in [0.15, 0.2) is 0 Å². The second kappa shape index (κ2) is 4.01. The highest BCUT2D eigenvalue weighted by Gasteiger charge is 2.13. The predicted octanol–water partition coefficient (Wildman–Crippen LogP) is 3.09. The lowest BCUT2D eigenvalue weighted by Gasteiger charge is -2.13. The molecule has 2 aromatic carbocycles. The molecule has 0 saturated heterocycles. The number of phenols is 3. The van der Waals surface area contributed by atoms with Crippen LogP contribution in [0, 0.1) is 13.8 Å². The highest BCUT2D eigenvalue weighted by Crippen LogP contribution is 2.39. The largest absolute Gasteiger partial charge is 0.508 e. The summed E-state index contributed by atoms with van der Waals surface area (Å²) in [6, 6.07) is 8.04. The first kappa shape index (κ1) is 11.3. The van der Waals surface area contributed by atoms with E-state index < -0.39 is 0 Å². The summed E-state index contributed by atoms with van der Waals surface area (Å²) in [5.74, 6) is 0.483. The van der Waals surface area contributed by atoms with Gasteiger partial charge in [-0.2, -0.15) is 0 Å². The van der Waals surface area contributed by atoms with Crippen LogP contribution >= 0.6 is 0 Å². The Labute approximate surface area is 99.6 Å². The predicted molar refractivity (Wildman–Crippen MR) is 66.3 cm³/mol. The number of hydrogen-bond acceptors (Lipinski definition) is 3. The highest BCUT2D eigenvalue weighted by atomic mass is 16.3. The second-order valence-electron chi connectivity index (χ2n) is 4.11. The highest BCUT2D eigenvalue weighted by molar-refractivity contribution is 5.77. The number of rotatable bonds is 1. The minimum atomic E-state index is 0.156. The fourth-order valence-electron chi connectivity index (χ4n) is 1.87. The molecule has 0 atom stereocenters. The molecule has 0 heterocycles. The first-order valence-corrected chi connectivity index (χ1v) is 5.32. The zero-order valence-corrected chi connectivity index (χ0v) is 9.73. The Morgan fingerprint density at radius 2 is 1.47 bits per heavy atom. The molecule has 0 amide bonds. The van der Waals surface area contributed by atoms with Crippen molar-refractivity contribution in [1.82, 2.24) is 0 Å². The van der Waals surface area contributed by atoms with E-state index in [0.717, 1.165) is 5.56 Å². The minimum Gasteiger partial charge on any atom is -0.508 e. The first-order chi connectivity index (χ1) is 8.00. The van der Waals surface area contributed by atoms with Crippen LogP contribution in [0.15, 0.2) is 30.3 Å². The fraction of sp³-hybridized carbons (Fsp3) is 0.143. The summed E-state index contributed by atoms with van der Waals surface area (Å²) in [6.07, 6.45) is 0. The summed E-state index contributed by atoms with van der Waals surface area (Å²) in [7, 11) is 0. The van der Waals surface area contributed by atoms with E-state index in [1.54, 1.807) is 38.1 Å². The van der Waals surface area contributed by atoms with Crippen LogP contribution in [0.5, 0.6) is 17.2 Å². The van der Waals surface area contributed by atoms with Crippen LogP contribution in [0.25, 0.3) is 11.1 Å². The fourth-order valence-corrected chi connectivity index (χ4v) is 1.87. The number of phenolic OH excluding ortho intramolecular Hbond substituents is 3. The van der Waals surface area contributed by atoms with Crippen LogP contribution in [0.4, 0.5) is 0 Å². The summed E-state index contributed by atoms with van der Waals surface area (Å²) >= 11 is 0. The van der Waals surface area contributed by atoms with Crippen molar-refractivity contribution in [3.8, 4) is 28.4 Å². The third kappa shape index (κ3) is 1.91. The lowest BCUT2D eigenvalue weighted by atomic mass is 9.96. The Morgan fingerprint density at radius 1 is 0.882 bits per heavy atom. The molecule has 0 aliphatic rings. The van der Waals surface area contributed by atoms with Crippen molar-refractivity contribution in [2.45, 2.75) is 13.8 Å². The second-order valence-corrected chi connectivity index (χ2v) is 4.11. The molecule has 0 spiro atoms. The standard InChI is InChI=1S/C14H14O3/c1-8-7-12(16)9(2)13(14(8)17)10-3-5-11(15)6-4-10/h3-7,15-17H,1-2H3. The zero-order chi connectivity index (χ0) is 12.6. The molecular weight excluding hydrogens is 216 g/mol. The molecular formula is C14H14O3. The van der Waals surface area contributed by atoms with Crippen molar-refractivity contribution in [1.29, 1.82) is 0 Å². The lowest BCUT2D eigenvalue weighted by Crippen LogP contribution is -1.88. The Hall–Kier alpha value is -2.16. The maximum Gasteiger partial charge on any atom is 0.126 e. The van der Waals surface area contributed by atoms with Gasteiger partial charge in [-0.05, 0) is 43.2 Å². The van der Waals surface area contributed by atoms with Gasteiger partial charge in [0.25, 0.3) is 0 Å². The van der Waals surface area contributed by atoms with E-state index in [2.05, 4.69) is 0 Å². The van der Waals surface area contributed by atoms with Crippen LogP contribution in [-0.4, -0.2) is 15.3 Å². The summed E-state index contributed by atoms with van der Waals surface area (Å²) in [6.45, 7) is 3.48. The molecule has 3 heteroatoms. The molecule has 0 aromatic heterocycles. The van der Waals surface area contributed by atoms with Crippen LogP contribution < -0.4 is 0 Å². The summed E-state index contributed by atoms with van der Waals surface area (Å²) in [5.41, 5.74) is 2.61. The van der Waals surface area contributed by atoms with Gasteiger partial charge in [-0.1, -0.05) is 12.1 Å². The first-order valence-electron chi connectivity index (χ1n) is 5.32. The lowest BCUT2D eigenvalue weighted by molar-refractivity contribution is 0.455.